The van der Waals surface area contributed by atoms with Gasteiger partial charge >= 0.3 is 0 Å². The first-order valence-electron chi connectivity index (χ1n) is 7.15. The Balaban J connectivity index is 2.61. The van der Waals surface area contributed by atoms with Crippen LogP contribution in [-0.4, -0.2) is 16.8 Å². The van der Waals surface area contributed by atoms with E-state index in [1.807, 2.05) is 7.05 Å². The molecular formula is C16H22BrN3. The number of hydrogen-bond donors (Lipinski definition) is 1. The third-order valence-electron chi connectivity index (χ3n) is 3.68. The molecule has 0 saturated carbocycles. The summed E-state index contributed by atoms with van der Waals surface area (Å²) in [7, 11) is 1.98. The van der Waals surface area contributed by atoms with Crippen molar-refractivity contribution in [2.24, 2.45) is 0 Å². The fourth-order valence-electron chi connectivity index (χ4n) is 2.33. The van der Waals surface area contributed by atoms with Gasteiger partial charge < -0.3 is 5.32 Å². The molecule has 1 aromatic carbocycles. The molecule has 1 atom stereocenters. The molecule has 0 aliphatic heterocycles. The van der Waals surface area contributed by atoms with E-state index < -0.39 is 0 Å². The van der Waals surface area contributed by atoms with Crippen molar-refractivity contribution < 1.29 is 0 Å². The van der Waals surface area contributed by atoms with Crippen LogP contribution in [0.2, 0.25) is 0 Å². The van der Waals surface area contributed by atoms with Gasteiger partial charge in [0, 0.05) is 16.2 Å². The molecule has 4 heteroatoms. The summed E-state index contributed by atoms with van der Waals surface area (Å²) in [6.07, 6.45) is 1.94. The van der Waals surface area contributed by atoms with E-state index >= 15 is 0 Å². The van der Waals surface area contributed by atoms with Crippen LogP contribution >= 0.6 is 15.9 Å². The Hall–Kier alpha value is -1.13. The highest BCUT2D eigenvalue weighted by Crippen LogP contribution is 2.26. The van der Waals surface area contributed by atoms with Crippen molar-refractivity contribution in [2.45, 2.75) is 39.7 Å². The van der Waals surface area contributed by atoms with Crippen molar-refractivity contribution >= 4 is 15.9 Å². The van der Waals surface area contributed by atoms with Crippen molar-refractivity contribution in [3.05, 3.63) is 45.7 Å². The van der Waals surface area contributed by atoms with Crippen molar-refractivity contribution in [1.82, 2.24) is 15.1 Å². The van der Waals surface area contributed by atoms with Gasteiger partial charge in [-0.05, 0) is 50.6 Å². The van der Waals surface area contributed by atoms with Crippen molar-refractivity contribution in [2.75, 3.05) is 7.05 Å². The zero-order chi connectivity index (χ0) is 14.7. The Morgan fingerprint density at radius 1 is 1.25 bits per heavy atom. The Labute approximate surface area is 129 Å². The molecule has 0 spiro atoms. The molecular weight excluding hydrogens is 314 g/mol. The van der Waals surface area contributed by atoms with Crippen LogP contribution in [0.15, 0.2) is 28.7 Å². The van der Waals surface area contributed by atoms with Crippen LogP contribution in [0.5, 0.6) is 0 Å². The van der Waals surface area contributed by atoms with E-state index in [1.165, 1.54) is 11.3 Å². The second kappa shape index (κ2) is 6.55. The number of hydrogen-bond acceptors (Lipinski definition) is 2. The molecule has 1 aromatic heterocycles. The van der Waals surface area contributed by atoms with Crippen LogP contribution in [0.3, 0.4) is 0 Å². The molecule has 0 aliphatic carbocycles. The number of halogens is 1. The fourth-order valence-corrected chi connectivity index (χ4v) is 2.68. The second-order valence-corrected chi connectivity index (χ2v) is 5.88. The van der Waals surface area contributed by atoms with Gasteiger partial charge in [0.2, 0.25) is 0 Å². The van der Waals surface area contributed by atoms with Gasteiger partial charge in [0.05, 0.1) is 11.4 Å². The molecule has 108 valence electrons. The maximum atomic E-state index is 4.76. The number of rotatable bonds is 5. The van der Waals surface area contributed by atoms with Crippen molar-refractivity contribution in [3.63, 3.8) is 0 Å². The second-order valence-electron chi connectivity index (χ2n) is 4.96. The van der Waals surface area contributed by atoms with E-state index in [1.54, 1.807) is 0 Å². The van der Waals surface area contributed by atoms with Crippen molar-refractivity contribution in [1.29, 1.82) is 0 Å². The average molecular weight is 336 g/mol. The lowest BCUT2D eigenvalue weighted by molar-refractivity contribution is 0.640. The molecule has 0 aliphatic rings. The lowest BCUT2D eigenvalue weighted by atomic mass is 10.1. The minimum absolute atomic E-state index is 0.289. The summed E-state index contributed by atoms with van der Waals surface area (Å²) in [6.45, 7) is 6.48. The molecule has 1 N–H and O–H groups in total. The largest absolute Gasteiger partial charge is 0.313 e. The highest BCUT2D eigenvalue weighted by Gasteiger charge is 2.15. The number of aromatic nitrogens is 2. The van der Waals surface area contributed by atoms with Gasteiger partial charge in [0.1, 0.15) is 0 Å². The summed E-state index contributed by atoms with van der Waals surface area (Å²) in [4.78, 5) is 0. The van der Waals surface area contributed by atoms with Gasteiger partial charge in [-0.1, -0.05) is 35.8 Å². The van der Waals surface area contributed by atoms with E-state index in [2.05, 4.69) is 71.0 Å². The summed E-state index contributed by atoms with van der Waals surface area (Å²) in [5.74, 6) is 0. The monoisotopic (exact) mass is 335 g/mol. The Kier molecular flexibility index (Phi) is 5.00. The lowest BCUT2D eigenvalue weighted by Gasteiger charge is -2.17. The molecule has 2 rings (SSSR count). The van der Waals surface area contributed by atoms with Crippen molar-refractivity contribution in [3.8, 4) is 5.69 Å². The fraction of sp³-hybridized carbons (Fsp3) is 0.438. The number of nitrogens with one attached hydrogen (secondary N) is 1. The van der Waals surface area contributed by atoms with E-state index in [9.17, 15) is 0 Å². The van der Waals surface area contributed by atoms with Crippen LogP contribution in [0.25, 0.3) is 5.69 Å². The Morgan fingerprint density at radius 3 is 2.60 bits per heavy atom. The first kappa shape index (κ1) is 15.3. The SMILES string of the molecule is CCc1cc(CC)n(-c2cc(Br)ccc2C(C)NC)n1. The summed E-state index contributed by atoms with van der Waals surface area (Å²) in [5.41, 5.74) is 4.81. The quantitative estimate of drug-likeness (QED) is 0.893. The highest BCUT2D eigenvalue weighted by molar-refractivity contribution is 9.10. The Bertz CT molecular complexity index is 589. The predicted octanol–water partition coefficient (Wildman–Crippen LogP) is 4.04. The summed E-state index contributed by atoms with van der Waals surface area (Å²) in [6, 6.07) is 8.89. The van der Waals surface area contributed by atoms with Crippen LogP contribution in [-0.2, 0) is 12.8 Å². The standard InChI is InChI=1S/C16H22BrN3/c1-5-13-10-14(6-2)20(19-13)16-9-12(17)7-8-15(16)11(3)18-4/h7-11,18H,5-6H2,1-4H3. The van der Waals surface area contributed by atoms with Crippen LogP contribution in [0.1, 0.15) is 43.8 Å². The molecule has 0 fully saturated rings. The van der Waals surface area contributed by atoms with Gasteiger partial charge in [-0.2, -0.15) is 5.10 Å². The molecule has 20 heavy (non-hydrogen) atoms. The summed E-state index contributed by atoms with van der Waals surface area (Å²) in [5, 5.41) is 8.07. The smallest absolute Gasteiger partial charge is 0.0707 e. The normalized spacial score (nSPS) is 12.7. The van der Waals surface area contributed by atoms with E-state index in [0.717, 1.165) is 28.7 Å². The summed E-state index contributed by atoms with van der Waals surface area (Å²) >= 11 is 3.57. The third kappa shape index (κ3) is 2.96. The van der Waals surface area contributed by atoms with Gasteiger partial charge in [0.25, 0.3) is 0 Å². The number of aryl methyl sites for hydroxylation is 2. The maximum Gasteiger partial charge on any atom is 0.0707 e. The van der Waals surface area contributed by atoms with E-state index in [-0.39, 0.29) is 6.04 Å². The molecule has 0 amide bonds. The first-order chi connectivity index (χ1) is 9.60. The van der Waals surface area contributed by atoms with E-state index in [4.69, 9.17) is 5.10 Å². The number of benzene rings is 1. The molecule has 1 heterocycles. The first-order valence-corrected chi connectivity index (χ1v) is 7.94. The van der Waals surface area contributed by atoms with E-state index in [0.29, 0.717) is 0 Å². The highest BCUT2D eigenvalue weighted by atomic mass is 79.9. The molecule has 3 nitrogen and oxygen atoms in total. The van der Waals surface area contributed by atoms with Gasteiger partial charge in [-0.3, -0.25) is 0 Å². The zero-order valence-electron chi connectivity index (χ0n) is 12.6. The zero-order valence-corrected chi connectivity index (χ0v) is 14.2. The maximum absolute atomic E-state index is 4.76. The van der Waals surface area contributed by atoms with Crippen LogP contribution in [0, 0.1) is 0 Å². The lowest BCUT2D eigenvalue weighted by Crippen LogP contribution is -2.16. The third-order valence-corrected chi connectivity index (χ3v) is 4.17. The molecule has 2 aromatic rings. The molecule has 0 radical (unpaired) electrons. The van der Waals surface area contributed by atoms with Gasteiger partial charge in [-0.15, -0.1) is 0 Å². The molecule has 0 saturated heterocycles. The Morgan fingerprint density at radius 2 is 2.00 bits per heavy atom. The predicted molar refractivity (Wildman–Crippen MR) is 87.5 cm³/mol. The minimum atomic E-state index is 0.289. The molecule has 1 unspecified atom stereocenters. The topological polar surface area (TPSA) is 29.9 Å². The number of nitrogens with zero attached hydrogens (tertiary/aromatic N) is 2. The molecule has 0 bridgehead atoms. The minimum Gasteiger partial charge on any atom is -0.313 e. The van der Waals surface area contributed by atoms with Crippen LogP contribution < -0.4 is 5.32 Å². The van der Waals surface area contributed by atoms with Gasteiger partial charge in [-0.25, -0.2) is 4.68 Å². The van der Waals surface area contributed by atoms with Crippen LogP contribution in [0.4, 0.5) is 0 Å². The van der Waals surface area contributed by atoms with Gasteiger partial charge in [0.15, 0.2) is 0 Å². The average Bonchev–Trinajstić information content (AvgIpc) is 2.89. The summed E-state index contributed by atoms with van der Waals surface area (Å²) < 4.78 is 3.17.